The van der Waals surface area contributed by atoms with E-state index in [1.165, 1.54) is 6.07 Å². The van der Waals surface area contributed by atoms with Gasteiger partial charge in [-0.3, -0.25) is 0 Å². The fourth-order valence-corrected chi connectivity index (χ4v) is 1.59. The number of nitrogens with two attached hydrogens (primary N) is 1. The van der Waals surface area contributed by atoms with Gasteiger partial charge >= 0.3 is 0 Å². The van der Waals surface area contributed by atoms with Gasteiger partial charge in [0.1, 0.15) is 5.82 Å². The molecule has 2 N–H and O–H groups in total. The maximum Gasteiger partial charge on any atom is 0.230 e. The lowest BCUT2D eigenvalue weighted by molar-refractivity contribution is 0.431. The van der Waals surface area contributed by atoms with Crippen molar-refractivity contribution in [3.8, 4) is 11.1 Å². The number of halogens is 2. The maximum absolute atomic E-state index is 13.7. The fraction of sp³-hybridized carbons (Fsp3) is 0.100. The van der Waals surface area contributed by atoms with Crippen molar-refractivity contribution < 1.29 is 8.91 Å². The summed E-state index contributed by atoms with van der Waals surface area (Å²) in [4.78, 5) is 0. The van der Waals surface area contributed by atoms with E-state index in [9.17, 15) is 4.39 Å². The molecule has 0 saturated carbocycles. The molecule has 0 amide bonds. The Hall–Kier alpha value is -1.55. The van der Waals surface area contributed by atoms with Gasteiger partial charge in [0.25, 0.3) is 0 Å². The monoisotopic (exact) mass is 226 g/mol. The SMILES string of the molecule is Cc1noc(N)c1-c1cccc(Cl)c1F. The van der Waals surface area contributed by atoms with Crippen LogP contribution in [0.2, 0.25) is 5.02 Å². The summed E-state index contributed by atoms with van der Waals surface area (Å²) >= 11 is 5.67. The molecule has 0 unspecified atom stereocenters. The van der Waals surface area contributed by atoms with E-state index in [2.05, 4.69) is 5.16 Å². The number of nitrogens with zero attached hydrogens (tertiary/aromatic N) is 1. The van der Waals surface area contributed by atoms with Crippen molar-refractivity contribution in [3.05, 3.63) is 34.7 Å². The highest BCUT2D eigenvalue weighted by Gasteiger charge is 2.17. The van der Waals surface area contributed by atoms with Crippen LogP contribution in [0.15, 0.2) is 22.7 Å². The standard InChI is InChI=1S/C10H8ClFN2O/c1-5-8(10(13)15-14-5)6-3-2-4-7(11)9(6)12/h2-4H,13H2,1H3. The molecular formula is C10H8ClFN2O. The highest BCUT2D eigenvalue weighted by molar-refractivity contribution is 6.31. The molecule has 0 atom stereocenters. The van der Waals surface area contributed by atoms with Crippen LogP contribution in [-0.2, 0) is 0 Å². The Balaban J connectivity index is 2.69. The second-order valence-corrected chi connectivity index (χ2v) is 3.52. The molecule has 2 rings (SSSR count). The van der Waals surface area contributed by atoms with Crippen LogP contribution in [0.3, 0.4) is 0 Å². The number of nitrogen functional groups attached to an aromatic ring is 1. The summed E-state index contributed by atoms with van der Waals surface area (Å²) in [6, 6.07) is 4.70. The summed E-state index contributed by atoms with van der Waals surface area (Å²) in [6.45, 7) is 1.69. The highest BCUT2D eigenvalue weighted by Crippen LogP contribution is 2.33. The van der Waals surface area contributed by atoms with Gasteiger partial charge < -0.3 is 10.3 Å². The zero-order valence-corrected chi connectivity index (χ0v) is 8.68. The van der Waals surface area contributed by atoms with Gasteiger partial charge in [-0.2, -0.15) is 0 Å². The Kier molecular flexibility index (Phi) is 2.36. The molecule has 0 spiro atoms. The zero-order chi connectivity index (χ0) is 11.0. The van der Waals surface area contributed by atoms with Crippen molar-refractivity contribution >= 4 is 17.5 Å². The molecule has 0 aliphatic rings. The Bertz CT molecular complexity index is 491. The Labute approximate surface area is 90.6 Å². The molecule has 0 fully saturated rings. The lowest BCUT2D eigenvalue weighted by Gasteiger charge is -2.02. The summed E-state index contributed by atoms with van der Waals surface area (Å²) in [5, 5.41) is 3.70. The smallest absolute Gasteiger partial charge is 0.230 e. The summed E-state index contributed by atoms with van der Waals surface area (Å²) in [6.07, 6.45) is 0. The van der Waals surface area contributed by atoms with Crippen LogP contribution in [0.4, 0.5) is 10.3 Å². The van der Waals surface area contributed by atoms with Gasteiger partial charge in [0, 0.05) is 5.56 Å². The minimum atomic E-state index is -0.517. The average molecular weight is 227 g/mol. The second-order valence-electron chi connectivity index (χ2n) is 3.11. The van der Waals surface area contributed by atoms with Crippen molar-refractivity contribution in [1.29, 1.82) is 0 Å². The number of aryl methyl sites for hydroxylation is 1. The molecule has 0 saturated heterocycles. The molecule has 0 aliphatic carbocycles. The molecule has 15 heavy (non-hydrogen) atoms. The van der Waals surface area contributed by atoms with E-state index in [1.807, 2.05) is 0 Å². The first-order valence-electron chi connectivity index (χ1n) is 4.27. The van der Waals surface area contributed by atoms with Gasteiger partial charge in [-0.05, 0) is 13.0 Å². The molecule has 0 bridgehead atoms. The lowest BCUT2D eigenvalue weighted by atomic mass is 10.1. The van der Waals surface area contributed by atoms with Crippen molar-refractivity contribution in [3.63, 3.8) is 0 Å². The summed E-state index contributed by atoms with van der Waals surface area (Å²) in [5.41, 5.74) is 6.85. The number of hydrogen-bond donors (Lipinski definition) is 1. The van der Waals surface area contributed by atoms with Gasteiger partial charge in [-0.25, -0.2) is 4.39 Å². The van der Waals surface area contributed by atoms with Gasteiger partial charge in [0.15, 0.2) is 0 Å². The van der Waals surface area contributed by atoms with Crippen molar-refractivity contribution in [2.75, 3.05) is 5.73 Å². The van der Waals surface area contributed by atoms with E-state index in [1.54, 1.807) is 19.1 Å². The minimum Gasteiger partial charge on any atom is -0.367 e. The third-order valence-electron chi connectivity index (χ3n) is 2.11. The number of hydrogen-bond acceptors (Lipinski definition) is 3. The zero-order valence-electron chi connectivity index (χ0n) is 7.92. The largest absolute Gasteiger partial charge is 0.367 e. The highest BCUT2D eigenvalue weighted by atomic mass is 35.5. The number of rotatable bonds is 1. The predicted molar refractivity (Wildman–Crippen MR) is 56.1 cm³/mol. The van der Waals surface area contributed by atoms with Crippen molar-refractivity contribution in [2.24, 2.45) is 0 Å². The molecule has 1 aromatic heterocycles. The number of anilines is 1. The first-order chi connectivity index (χ1) is 7.11. The van der Waals surface area contributed by atoms with Crippen LogP contribution >= 0.6 is 11.6 Å². The molecule has 2 aromatic rings. The van der Waals surface area contributed by atoms with Gasteiger partial charge in [0.2, 0.25) is 5.88 Å². The van der Waals surface area contributed by atoms with Gasteiger partial charge in [0.05, 0.1) is 16.3 Å². The third-order valence-corrected chi connectivity index (χ3v) is 2.40. The van der Waals surface area contributed by atoms with E-state index in [4.69, 9.17) is 21.9 Å². The normalized spacial score (nSPS) is 10.6. The summed E-state index contributed by atoms with van der Waals surface area (Å²) in [7, 11) is 0. The van der Waals surface area contributed by atoms with E-state index < -0.39 is 5.82 Å². The molecular weight excluding hydrogens is 219 g/mol. The Morgan fingerprint density at radius 2 is 2.20 bits per heavy atom. The molecule has 1 aromatic carbocycles. The molecule has 0 aliphatic heterocycles. The van der Waals surface area contributed by atoms with Crippen molar-refractivity contribution in [1.82, 2.24) is 5.16 Å². The van der Waals surface area contributed by atoms with E-state index in [0.717, 1.165) is 0 Å². The minimum absolute atomic E-state index is 0.0486. The third kappa shape index (κ3) is 1.57. The van der Waals surface area contributed by atoms with E-state index in [0.29, 0.717) is 16.8 Å². The first-order valence-corrected chi connectivity index (χ1v) is 4.65. The quantitative estimate of drug-likeness (QED) is 0.813. The molecule has 78 valence electrons. The topological polar surface area (TPSA) is 52.0 Å². The Morgan fingerprint density at radius 1 is 1.47 bits per heavy atom. The summed E-state index contributed by atoms with van der Waals surface area (Å²) in [5.74, 6) is -0.425. The fourth-order valence-electron chi connectivity index (χ4n) is 1.41. The van der Waals surface area contributed by atoms with Crippen LogP contribution in [0.5, 0.6) is 0 Å². The predicted octanol–water partition coefficient (Wildman–Crippen LogP) is 3.02. The van der Waals surface area contributed by atoms with E-state index >= 15 is 0 Å². The van der Waals surface area contributed by atoms with Crippen molar-refractivity contribution in [2.45, 2.75) is 6.92 Å². The second kappa shape index (κ2) is 3.55. The molecule has 5 heteroatoms. The molecule has 1 heterocycles. The van der Waals surface area contributed by atoms with E-state index in [-0.39, 0.29) is 10.9 Å². The number of aromatic nitrogens is 1. The first kappa shape index (κ1) is 9.98. The van der Waals surface area contributed by atoms with Crippen LogP contribution in [-0.4, -0.2) is 5.16 Å². The molecule has 0 radical (unpaired) electrons. The average Bonchev–Trinajstić information content (AvgIpc) is 2.52. The van der Waals surface area contributed by atoms with Crippen LogP contribution < -0.4 is 5.73 Å². The van der Waals surface area contributed by atoms with Crippen LogP contribution in [0.1, 0.15) is 5.69 Å². The maximum atomic E-state index is 13.7. The number of benzene rings is 1. The van der Waals surface area contributed by atoms with Gasteiger partial charge in [-0.15, -0.1) is 0 Å². The van der Waals surface area contributed by atoms with Crippen LogP contribution in [0.25, 0.3) is 11.1 Å². The molecule has 3 nitrogen and oxygen atoms in total. The Morgan fingerprint density at radius 3 is 2.80 bits per heavy atom. The van der Waals surface area contributed by atoms with Gasteiger partial charge in [-0.1, -0.05) is 28.9 Å². The lowest BCUT2D eigenvalue weighted by Crippen LogP contribution is -1.90. The van der Waals surface area contributed by atoms with Crippen LogP contribution in [0, 0.1) is 12.7 Å². The summed E-state index contributed by atoms with van der Waals surface area (Å²) < 4.78 is 18.4.